The fourth-order valence-electron chi connectivity index (χ4n) is 3.92. The first kappa shape index (κ1) is 15.3. The van der Waals surface area contributed by atoms with Crippen molar-refractivity contribution < 1.29 is 4.79 Å². The fraction of sp³-hybridized carbons (Fsp3) is 0.286. The Bertz CT molecular complexity index is 935. The molecule has 0 spiro atoms. The van der Waals surface area contributed by atoms with Gasteiger partial charge in [0, 0.05) is 24.6 Å². The summed E-state index contributed by atoms with van der Waals surface area (Å²) in [7, 11) is 0. The van der Waals surface area contributed by atoms with Crippen LogP contribution in [0, 0.1) is 5.92 Å². The molecule has 5 heteroatoms. The smallest absolute Gasteiger partial charge is 0.226 e. The van der Waals surface area contributed by atoms with Crippen molar-refractivity contribution in [3.63, 3.8) is 0 Å². The summed E-state index contributed by atoms with van der Waals surface area (Å²) in [6.07, 6.45) is 0.960. The average molecular weight is 344 g/mol. The van der Waals surface area contributed by atoms with Gasteiger partial charge in [-0.1, -0.05) is 60.7 Å². The van der Waals surface area contributed by atoms with E-state index < -0.39 is 0 Å². The molecule has 1 aromatic heterocycles. The molecule has 2 heterocycles. The van der Waals surface area contributed by atoms with Crippen LogP contribution in [0.1, 0.15) is 23.7 Å². The lowest BCUT2D eigenvalue weighted by Gasteiger charge is -2.28. The summed E-state index contributed by atoms with van der Waals surface area (Å²) in [5, 5.41) is 8.70. The predicted molar refractivity (Wildman–Crippen MR) is 98.2 cm³/mol. The molecule has 1 aliphatic carbocycles. The summed E-state index contributed by atoms with van der Waals surface area (Å²) in [5.41, 5.74) is 2.34. The third-order valence-electron chi connectivity index (χ3n) is 5.43. The average Bonchev–Trinajstić information content (AvgIpc) is 3.40. The third-order valence-corrected chi connectivity index (χ3v) is 5.43. The maximum atomic E-state index is 12.9. The van der Waals surface area contributed by atoms with E-state index in [4.69, 9.17) is 0 Å². The van der Waals surface area contributed by atoms with Crippen LogP contribution in [0.15, 0.2) is 60.7 Å². The first-order valence-electron chi connectivity index (χ1n) is 9.12. The Hall–Kier alpha value is -2.95. The lowest BCUT2D eigenvalue weighted by molar-refractivity contribution is -0.134. The topological polar surface area (TPSA) is 51.0 Å². The quantitative estimate of drug-likeness (QED) is 0.734. The number of rotatable bonds is 3. The van der Waals surface area contributed by atoms with Gasteiger partial charge in [-0.05, 0) is 17.9 Å². The minimum absolute atomic E-state index is 0.125. The number of nitrogens with zero attached hydrogens (tertiary/aromatic N) is 4. The number of hydrogen-bond donors (Lipinski definition) is 0. The first-order valence-corrected chi connectivity index (χ1v) is 9.12. The fourth-order valence-corrected chi connectivity index (χ4v) is 3.92. The maximum Gasteiger partial charge on any atom is 0.226 e. The lowest BCUT2D eigenvalue weighted by Crippen LogP contribution is -2.39. The van der Waals surface area contributed by atoms with Crippen molar-refractivity contribution in [1.82, 2.24) is 19.7 Å². The highest BCUT2D eigenvalue weighted by Gasteiger charge is 2.46. The minimum Gasteiger partial charge on any atom is -0.333 e. The van der Waals surface area contributed by atoms with Gasteiger partial charge in [0.15, 0.2) is 11.6 Å². The zero-order valence-electron chi connectivity index (χ0n) is 14.5. The number of hydrogen-bond acceptors (Lipinski definition) is 3. The molecule has 0 radical (unpaired) electrons. The predicted octanol–water partition coefficient (Wildman–Crippen LogP) is 3.09. The van der Waals surface area contributed by atoms with Crippen LogP contribution in [0.2, 0.25) is 0 Å². The van der Waals surface area contributed by atoms with Gasteiger partial charge in [-0.15, -0.1) is 10.2 Å². The first-order chi connectivity index (χ1) is 12.8. The monoisotopic (exact) mass is 344 g/mol. The van der Waals surface area contributed by atoms with Crippen LogP contribution in [0.5, 0.6) is 0 Å². The van der Waals surface area contributed by atoms with Crippen molar-refractivity contribution in [2.45, 2.75) is 25.4 Å². The molecule has 26 heavy (non-hydrogen) atoms. The van der Waals surface area contributed by atoms with Crippen LogP contribution in [0.25, 0.3) is 11.4 Å². The Morgan fingerprint density at radius 1 is 0.923 bits per heavy atom. The van der Waals surface area contributed by atoms with Crippen LogP contribution >= 0.6 is 0 Å². The molecule has 1 amide bonds. The van der Waals surface area contributed by atoms with Crippen molar-refractivity contribution in [2.24, 2.45) is 5.92 Å². The molecule has 2 atom stereocenters. The molecule has 1 saturated carbocycles. The highest BCUT2D eigenvalue weighted by molar-refractivity contribution is 5.83. The number of benzene rings is 2. The Morgan fingerprint density at radius 3 is 2.42 bits per heavy atom. The van der Waals surface area contributed by atoms with E-state index in [0.29, 0.717) is 12.5 Å². The van der Waals surface area contributed by atoms with E-state index in [1.54, 1.807) is 0 Å². The Balaban J connectivity index is 1.31. The van der Waals surface area contributed by atoms with Gasteiger partial charge in [-0.2, -0.15) is 0 Å². The molecule has 5 rings (SSSR count). The van der Waals surface area contributed by atoms with Crippen LogP contribution in [0.4, 0.5) is 0 Å². The lowest BCUT2D eigenvalue weighted by atomic mass is 10.1. The summed E-state index contributed by atoms with van der Waals surface area (Å²) in [4.78, 5) is 14.8. The van der Waals surface area contributed by atoms with Gasteiger partial charge in [0.1, 0.15) is 0 Å². The Kier molecular flexibility index (Phi) is 3.59. The van der Waals surface area contributed by atoms with Crippen molar-refractivity contribution in [3.8, 4) is 11.4 Å². The summed E-state index contributed by atoms with van der Waals surface area (Å²) in [6, 6.07) is 20.5. The second-order valence-corrected chi connectivity index (χ2v) is 7.08. The molecule has 2 aromatic carbocycles. The van der Waals surface area contributed by atoms with Gasteiger partial charge in [-0.25, -0.2) is 0 Å². The molecule has 1 fully saturated rings. The normalized spacial score (nSPS) is 21.3. The summed E-state index contributed by atoms with van der Waals surface area (Å²) < 4.78 is 2.14. The molecule has 1 aliphatic heterocycles. The summed E-state index contributed by atoms with van der Waals surface area (Å²) in [5.74, 6) is 2.53. The Labute approximate surface area is 152 Å². The molecular weight excluding hydrogens is 324 g/mol. The van der Waals surface area contributed by atoms with Crippen molar-refractivity contribution in [1.29, 1.82) is 0 Å². The highest BCUT2D eigenvalue weighted by atomic mass is 16.2. The molecular formula is C21H20N4O. The summed E-state index contributed by atoms with van der Waals surface area (Å²) >= 11 is 0. The zero-order valence-corrected chi connectivity index (χ0v) is 14.5. The molecule has 0 N–H and O–H groups in total. The van der Waals surface area contributed by atoms with Gasteiger partial charge < -0.3 is 9.47 Å². The van der Waals surface area contributed by atoms with Crippen LogP contribution in [-0.2, 0) is 17.9 Å². The van der Waals surface area contributed by atoms with Gasteiger partial charge in [0.25, 0.3) is 0 Å². The van der Waals surface area contributed by atoms with Crippen LogP contribution < -0.4 is 0 Å². The van der Waals surface area contributed by atoms with Crippen molar-refractivity contribution in [3.05, 3.63) is 72.1 Å². The Morgan fingerprint density at radius 2 is 1.65 bits per heavy atom. The van der Waals surface area contributed by atoms with Gasteiger partial charge in [0.05, 0.1) is 6.54 Å². The molecule has 130 valence electrons. The van der Waals surface area contributed by atoms with Gasteiger partial charge in [-0.3, -0.25) is 4.79 Å². The van der Waals surface area contributed by atoms with Crippen molar-refractivity contribution in [2.75, 3.05) is 6.54 Å². The SMILES string of the molecule is O=C([C@@H]1C[C@@H]1c1ccccc1)N1CCn2c(nnc2-c2ccccc2)C1. The highest BCUT2D eigenvalue weighted by Crippen LogP contribution is 2.48. The molecule has 3 aromatic rings. The van der Waals surface area contributed by atoms with Gasteiger partial charge >= 0.3 is 0 Å². The number of amides is 1. The van der Waals surface area contributed by atoms with Crippen LogP contribution in [-0.4, -0.2) is 32.1 Å². The molecule has 0 saturated heterocycles. The number of aromatic nitrogens is 3. The molecule has 2 aliphatic rings. The van der Waals surface area contributed by atoms with Gasteiger partial charge in [0.2, 0.25) is 5.91 Å². The second-order valence-electron chi connectivity index (χ2n) is 7.08. The molecule has 0 bridgehead atoms. The second kappa shape index (κ2) is 6.09. The van der Waals surface area contributed by atoms with E-state index in [0.717, 1.165) is 36.7 Å². The standard InChI is InChI=1S/C21H20N4O/c26-21(18-13-17(18)15-7-3-1-4-8-15)24-11-12-25-19(14-24)22-23-20(25)16-9-5-2-6-10-16/h1-10,17-18H,11-14H2/t17-,18-/m1/s1. The van der Waals surface area contributed by atoms with E-state index in [1.165, 1.54) is 5.56 Å². The summed E-state index contributed by atoms with van der Waals surface area (Å²) in [6.45, 7) is 2.03. The third kappa shape index (κ3) is 2.60. The zero-order chi connectivity index (χ0) is 17.5. The van der Waals surface area contributed by atoms with Crippen LogP contribution in [0.3, 0.4) is 0 Å². The van der Waals surface area contributed by atoms with E-state index in [9.17, 15) is 4.79 Å². The van der Waals surface area contributed by atoms with Crippen molar-refractivity contribution >= 4 is 5.91 Å². The molecule has 5 nitrogen and oxygen atoms in total. The van der Waals surface area contributed by atoms with E-state index in [-0.39, 0.29) is 11.8 Å². The minimum atomic E-state index is 0.125. The van der Waals surface area contributed by atoms with E-state index in [2.05, 4.69) is 26.9 Å². The number of carbonyl (C=O) groups excluding carboxylic acids is 1. The van der Waals surface area contributed by atoms with E-state index >= 15 is 0 Å². The molecule has 0 unspecified atom stereocenters. The van der Waals surface area contributed by atoms with E-state index in [1.807, 2.05) is 53.4 Å². The largest absolute Gasteiger partial charge is 0.333 e. The number of fused-ring (bicyclic) bond motifs is 1. The maximum absolute atomic E-state index is 12.9. The number of carbonyl (C=O) groups is 1.